The molecular weight excluding hydrogens is 331 g/mol. The number of hydrogen-bond donors (Lipinski definition) is 2. The van der Waals surface area contributed by atoms with Crippen LogP contribution in [0.1, 0.15) is 51.4 Å². The van der Waals surface area contributed by atoms with Crippen LogP contribution in [0.15, 0.2) is 18.2 Å². The van der Waals surface area contributed by atoms with Crippen LogP contribution in [-0.2, 0) is 4.79 Å². The molecule has 6 heteroatoms. The number of anilines is 1. The van der Waals surface area contributed by atoms with Crippen LogP contribution < -0.4 is 15.8 Å². The first-order valence-corrected chi connectivity index (χ1v) is 8.64. The number of halogens is 2. The Kier molecular flexibility index (Phi) is 6.87. The Hall–Kier alpha value is -1.33. The molecule has 2 unspecified atom stereocenters. The van der Waals surface area contributed by atoms with Crippen molar-refractivity contribution in [3.05, 3.63) is 24.0 Å². The van der Waals surface area contributed by atoms with Crippen LogP contribution in [-0.4, -0.2) is 18.1 Å². The first-order chi connectivity index (χ1) is 11.1. The van der Waals surface area contributed by atoms with Gasteiger partial charge >= 0.3 is 0 Å². The molecule has 0 aromatic heterocycles. The monoisotopic (exact) mass is 356 g/mol. The Morgan fingerprint density at radius 3 is 2.58 bits per heavy atom. The van der Waals surface area contributed by atoms with Gasteiger partial charge in [-0.05, 0) is 57.1 Å². The van der Waals surface area contributed by atoms with Crippen LogP contribution in [0.5, 0.6) is 5.75 Å². The Balaban J connectivity index is 0.00000208. The van der Waals surface area contributed by atoms with Crippen molar-refractivity contribution in [2.75, 3.05) is 5.32 Å². The minimum Gasteiger partial charge on any atom is -0.487 e. The molecule has 2 atom stereocenters. The van der Waals surface area contributed by atoms with E-state index in [9.17, 15) is 9.18 Å². The number of benzene rings is 1. The molecule has 0 bridgehead atoms. The Bertz CT molecular complexity index is 564. The highest BCUT2D eigenvalue weighted by molar-refractivity contribution is 5.92. The maximum atomic E-state index is 14.2. The van der Waals surface area contributed by atoms with Crippen LogP contribution in [0.2, 0.25) is 0 Å². The van der Waals surface area contributed by atoms with Gasteiger partial charge in [0.05, 0.1) is 6.10 Å². The fourth-order valence-electron chi connectivity index (χ4n) is 3.57. The maximum Gasteiger partial charge on any atom is 0.227 e. The van der Waals surface area contributed by atoms with E-state index < -0.39 is 5.82 Å². The van der Waals surface area contributed by atoms with Gasteiger partial charge in [0.2, 0.25) is 5.91 Å². The van der Waals surface area contributed by atoms with Crippen molar-refractivity contribution in [1.29, 1.82) is 0 Å². The Morgan fingerprint density at radius 2 is 1.92 bits per heavy atom. The van der Waals surface area contributed by atoms with Gasteiger partial charge in [-0.3, -0.25) is 4.79 Å². The summed E-state index contributed by atoms with van der Waals surface area (Å²) in [5.41, 5.74) is 6.40. The van der Waals surface area contributed by atoms with E-state index in [0.717, 1.165) is 44.9 Å². The minimum absolute atomic E-state index is 0. The van der Waals surface area contributed by atoms with Crippen molar-refractivity contribution >= 4 is 24.0 Å². The van der Waals surface area contributed by atoms with Crippen molar-refractivity contribution in [3.63, 3.8) is 0 Å². The summed E-state index contributed by atoms with van der Waals surface area (Å²) in [7, 11) is 0. The SMILES string of the molecule is Cl.NC1CCCC(C(=O)Nc2ccc(OC3CCCC3)c(F)c2)C1. The second-order valence-electron chi connectivity index (χ2n) is 6.78. The summed E-state index contributed by atoms with van der Waals surface area (Å²) in [6, 6.07) is 4.74. The third kappa shape index (κ3) is 4.84. The predicted molar refractivity (Wildman–Crippen MR) is 95.1 cm³/mol. The highest BCUT2D eigenvalue weighted by atomic mass is 35.5. The molecule has 1 aromatic carbocycles. The Morgan fingerprint density at radius 1 is 1.17 bits per heavy atom. The van der Waals surface area contributed by atoms with Crippen LogP contribution in [0.3, 0.4) is 0 Å². The molecule has 0 radical (unpaired) electrons. The van der Waals surface area contributed by atoms with Crippen LogP contribution in [0.4, 0.5) is 10.1 Å². The average molecular weight is 357 g/mol. The number of nitrogens with two attached hydrogens (primary N) is 1. The zero-order valence-corrected chi connectivity index (χ0v) is 14.6. The van der Waals surface area contributed by atoms with E-state index in [-0.39, 0.29) is 42.1 Å². The fourth-order valence-corrected chi connectivity index (χ4v) is 3.57. The molecule has 0 heterocycles. The number of nitrogens with one attached hydrogen (secondary N) is 1. The van der Waals surface area contributed by atoms with Crippen molar-refractivity contribution in [2.45, 2.75) is 63.5 Å². The lowest BCUT2D eigenvalue weighted by Gasteiger charge is -2.25. The minimum atomic E-state index is -0.421. The van der Waals surface area contributed by atoms with Gasteiger partial charge in [-0.25, -0.2) is 4.39 Å². The van der Waals surface area contributed by atoms with E-state index in [1.165, 1.54) is 6.07 Å². The predicted octanol–water partition coefficient (Wildman–Crippen LogP) is 4.02. The molecule has 4 nitrogen and oxygen atoms in total. The van der Waals surface area contributed by atoms with E-state index in [4.69, 9.17) is 10.5 Å². The van der Waals surface area contributed by atoms with Gasteiger partial charge in [0.15, 0.2) is 11.6 Å². The number of carbonyl (C=O) groups is 1. The number of hydrogen-bond acceptors (Lipinski definition) is 3. The van der Waals surface area contributed by atoms with Crippen LogP contribution >= 0.6 is 12.4 Å². The lowest BCUT2D eigenvalue weighted by molar-refractivity contribution is -0.120. The Labute approximate surface area is 148 Å². The molecule has 1 amide bonds. The zero-order chi connectivity index (χ0) is 16.2. The lowest BCUT2D eigenvalue weighted by atomic mass is 9.85. The first-order valence-electron chi connectivity index (χ1n) is 8.64. The first kappa shape index (κ1) is 19.0. The summed E-state index contributed by atoms with van der Waals surface area (Å²) in [4.78, 5) is 12.3. The van der Waals surface area contributed by atoms with Crippen molar-refractivity contribution in [3.8, 4) is 5.75 Å². The highest BCUT2D eigenvalue weighted by Crippen LogP contribution is 2.29. The van der Waals surface area contributed by atoms with Crippen LogP contribution in [0, 0.1) is 11.7 Å². The molecule has 2 aliphatic rings. The third-order valence-electron chi connectivity index (χ3n) is 4.88. The molecule has 2 saturated carbocycles. The number of ether oxygens (including phenoxy) is 1. The van der Waals surface area contributed by atoms with E-state index in [1.807, 2.05) is 0 Å². The largest absolute Gasteiger partial charge is 0.487 e. The van der Waals surface area contributed by atoms with Crippen molar-refractivity contribution < 1.29 is 13.9 Å². The molecule has 2 aliphatic carbocycles. The van der Waals surface area contributed by atoms with Gasteiger partial charge < -0.3 is 15.8 Å². The molecule has 3 N–H and O–H groups in total. The lowest BCUT2D eigenvalue weighted by Crippen LogP contribution is -2.34. The third-order valence-corrected chi connectivity index (χ3v) is 4.88. The topological polar surface area (TPSA) is 64.4 Å². The average Bonchev–Trinajstić information content (AvgIpc) is 3.03. The summed E-state index contributed by atoms with van der Waals surface area (Å²) in [5, 5.41) is 2.80. The normalized spacial score (nSPS) is 24.2. The van der Waals surface area contributed by atoms with Gasteiger partial charge in [-0.1, -0.05) is 6.42 Å². The van der Waals surface area contributed by atoms with Crippen LogP contribution in [0.25, 0.3) is 0 Å². The quantitative estimate of drug-likeness (QED) is 0.856. The standard InChI is InChI=1S/C18H25FN2O2.ClH/c19-16-11-14(8-9-17(16)23-15-6-1-2-7-15)21-18(22)12-4-3-5-13(20)10-12;/h8-9,11-13,15H,1-7,10,20H2,(H,21,22);1H. The van der Waals surface area contributed by atoms with Crippen molar-refractivity contribution in [1.82, 2.24) is 0 Å². The molecule has 3 rings (SSSR count). The smallest absolute Gasteiger partial charge is 0.227 e. The molecule has 1 aromatic rings. The second-order valence-corrected chi connectivity index (χ2v) is 6.78. The van der Waals surface area contributed by atoms with E-state index in [1.54, 1.807) is 12.1 Å². The van der Waals surface area contributed by atoms with Gasteiger partial charge in [0, 0.05) is 23.7 Å². The van der Waals surface area contributed by atoms with Gasteiger partial charge in [-0.15, -0.1) is 12.4 Å². The molecule has 2 fully saturated rings. The molecule has 24 heavy (non-hydrogen) atoms. The van der Waals surface area contributed by atoms with Gasteiger partial charge in [0.1, 0.15) is 0 Å². The molecule has 0 saturated heterocycles. The summed E-state index contributed by atoms with van der Waals surface area (Å²) < 4.78 is 19.9. The number of carbonyl (C=O) groups excluding carboxylic acids is 1. The highest BCUT2D eigenvalue weighted by Gasteiger charge is 2.25. The molecular formula is C18H26ClFN2O2. The molecule has 0 aliphatic heterocycles. The molecule has 134 valence electrons. The summed E-state index contributed by atoms with van der Waals surface area (Å²) in [6.07, 6.45) is 7.89. The fraction of sp³-hybridized carbons (Fsp3) is 0.611. The molecule has 0 spiro atoms. The van der Waals surface area contributed by atoms with Gasteiger partial charge in [0.25, 0.3) is 0 Å². The number of amides is 1. The second kappa shape index (κ2) is 8.67. The summed E-state index contributed by atoms with van der Waals surface area (Å²) in [5.74, 6) is -0.287. The number of rotatable bonds is 4. The van der Waals surface area contributed by atoms with E-state index in [2.05, 4.69) is 5.32 Å². The summed E-state index contributed by atoms with van der Waals surface area (Å²) in [6.45, 7) is 0. The summed E-state index contributed by atoms with van der Waals surface area (Å²) >= 11 is 0. The zero-order valence-electron chi connectivity index (χ0n) is 13.8. The maximum absolute atomic E-state index is 14.2. The van der Waals surface area contributed by atoms with E-state index >= 15 is 0 Å². The van der Waals surface area contributed by atoms with E-state index in [0.29, 0.717) is 12.1 Å². The van der Waals surface area contributed by atoms with Crippen molar-refractivity contribution in [2.24, 2.45) is 11.7 Å². The van der Waals surface area contributed by atoms with Gasteiger partial charge in [-0.2, -0.15) is 0 Å².